The Morgan fingerprint density at radius 2 is 1.28 bits per heavy atom. The zero-order chi connectivity index (χ0) is 26.3. The molecule has 0 aromatic heterocycles. The topological polar surface area (TPSA) is 9.23 Å². The summed E-state index contributed by atoms with van der Waals surface area (Å²) in [5.74, 6) is -4.43. The Morgan fingerprint density at radius 3 is 1.81 bits per heavy atom. The van der Waals surface area contributed by atoms with E-state index in [1.165, 1.54) is 12.1 Å². The smallest absolute Gasteiger partial charge is 0.426 e. The van der Waals surface area contributed by atoms with Gasteiger partial charge in [-0.2, -0.15) is 22.0 Å². The Balaban J connectivity index is 1.51. The molecule has 0 saturated heterocycles. The lowest BCUT2D eigenvalue weighted by molar-refractivity contribution is -0.186. The lowest BCUT2D eigenvalue weighted by atomic mass is 9.79. The number of hydrogen-bond donors (Lipinski definition) is 0. The van der Waals surface area contributed by atoms with Crippen LogP contribution in [0.3, 0.4) is 0 Å². The molecule has 1 fully saturated rings. The van der Waals surface area contributed by atoms with E-state index in [1.54, 1.807) is 6.07 Å². The summed E-state index contributed by atoms with van der Waals surface area (Å²) in [6.45, 7) is 2.16. The van der Waals surface area contributed by atoms with Gasteiger partial charge < -0.3 is 4.74 Å². The molecule has 1 aliphatic rings. The average Bonchev–Trinajstić information content (AvgIpc) is 2.79. The molecule has 0 radical (unpaired) electrons. The standard InChI is InChI=1S/C27H22F8O/c1-15-2-4-16(5-3-15)18-8-11-24(21(28)12-18)36-27(34,35)20-9-6-17(7-10-20)19-13-22(29)25(23(30)14-19)26(31,32)33/h6-16H,2-5H2,1H3. The minimum atomic E-state index is -5.22. The van der Waals surface area contributed by atoms with Gasteiger partial charge in [0.15, 0.2) is 11.6 Å². The predicted molar refractivity (Wildman–Crippen MR) is 118 cm³/mol. The Labute approximate surface area is 202 Å². The molecular formula is C27H22F8O. The van der Waals surface area contributed by atoms with E-state index < -0.39 is 46.6 Å². The molecule has 1 aliphatic carbocycles. The van der Waals surface area contributed by atoms with Gasteiger partial charge in [-0.15, -0.1) is 0 Å². The molecule has 36 heavy (non-hydrogen) atoms. The number of alkyl halides is 5. The summed E-state index contributed by atoms with van der Waals surface area (Å²) in [6, 6.07) is 8.78. The summed E-state index contributed by atoms with van der Waals surface area (Å²) >= 11 is 0. The van der Waals surface area contributed by atoms with Gasteiger partial charge >= 0.3 is 12.3 Å². The molecule has 0 amide bonds. The Bertz CT molecular complexity index is 1200. The molecule has 3 aromatic carbocycles. The zero-order valence-corrected chi connectivity index (χ0v) is 19.1. The highest BCUT2D eigenvalue weighted by Crippen LogP contribution is 2.39. The van der Waals surface area contributed by atoms with E-state index in [4.69, 9.17) is 0 Å². The fraction of sp³-hybridized carbons (Fsp3) is 0.333. The third-order valence-electron chi connectivity index (χ3n) is 6.56. The number of ether oxygens (including phenoxy) is 1. The minimum absolute atomic E-state index is 0.00147. The van der Waals surface area contributed by atoms with Crippen molar-refractivity contribution in [3.05, 3.63) is 88.7 Å². The first kappa shape index (κ1) is 26.0. The lowest BCUT2D eigenvalue weighted by Crippen LogP contribution is -2.22. The molecule has 0 spiro atoms. The van der Waals surface area contributed by atoms with E-state index in [9.17, 15) is 35.1 Å². The van der Waals surface area contributed by atoms with Crippen LogP contribution in [-0.4, -0.2) is 0 Å². The summed E-state index contributed by atoms with van der Waals surface area (Å²) in [7, 11) is 0. The second-order valence-electron chi connectivity index (χ2n) is 9.16. The molecule has 0 N–H and O–H groups in total. The van der Waals surface area contributed by atoms with Crippen molar-refractivity contribution in [1.82, 2.24) is 0 Å². The van der Waals surface area contributed by atoms with E-state index in [-0.39, 0.29) is 17.0 Å². The van der Waals surface area contributed by atoms with E-state index in [2.05, 4.69) is 11.7 Å². The van der Waals surface area contributed by atoms with Gasteiger partial charge in [0.25, 0.3) is 0 Å². The number of benzene rings is 3. The molecule has 192 valence electrons. The van der Waals surface area contributed by atoms with Crippen molar-refractivity contribution < 1.29 is 39.9 Å². The second kappa shape index (κ2) is 9.75. The van der Waals surface area contributed by atoms with Crippen LogP contribution in [0.1, 0.15) is 55.2 Å². The maximum Gasteiger partial charge on any atom is 0.426 e. The molecule has 4 rings (SSSR count). The summed E-state index contributed by atoms with van der Waals surface area (Å²) in [5.41, 5.74) is -2.25. The van der Waals surface area contributed by atoms with Gasteiger partial charge in [-0.05, 0) is 77.8 Å². The van der Waals surface area contributed by atoms with Crippen molar-refractivity contribution in [2.75, 3.05) is 0 Å². The van der Waals surface area contributed by atoms with Crippen LogP contribution >= 0.6 is 0 Å². The van der Waals surface area contributed by atoms with Crippen molar-refractivity contribution >= 4 is 0 Å². The Morgan fingerprint density at radius 1 is 0.694 bits per heavy atom. The summed E-state index contributed by atoms with van der Waals surface area (Å²) in [6.07, 6.45) is -5.34. The van der Waals surface area contributed by atoms with Crippen molar-refractivity contribution in [3.8, 4) is 16.9 Å². The maximum atomic E-state index is 14.7. The highest BCUT2D eigenvalue weighted by atomic mass is 19.4. The molecule has 0 unspecified atom stereocenters. The number of halogens is 8. The van der Waals surface area contributed by atoms with E-state index in [1.807, 2.05) is 0 Å². The van der Waals surface area contributed by atoms with Crippen LogP contribution in [0, 0.1) is 23.4 Å². The van der Waals surface area contributed by atoms with E-state index in [0.717, 1.165) is 55.5 Å². The lowest BCUT2D eigenvalue weighted by Gasteiger charge is -2.27. The van der Waals surface area contributed by atoms with Crippen molar-refractivity contribution in [2.45, 2.75) is 50.8 Å². The third-order valence-corrected chi connectivity index (χ3v) is 6.56. The molecular weight excluding hydrogens is 492 g/mol. The summed E-state index contributed by atoms with van der Waals surface area (Å²) in [5, 5.41) is 0. The first-order valence-electron chi connectivity index (χ1n) is 11.4. The first-order chi connectivity index (χ1) is 16.8. The van der Waals surface area contributed by atoms with Crippen LogP contribution in [-0.2, 0) is 12.3 Å². The summed E-state index contributed by atoms with van der Waals surface area (Å²) in [4.78, 5) is 0. The van der Waals surface area contributed by atoms with Gasteiger partial charge in [-0.3, -0.25) is 0 Å². The second-order valence-corrected chi connectivity index (χ2v) is 9.16. The predicted octanol–water partition coefficient (Wildman–Crippen LogP) is 9.21. The molecule has 1 nitrogen and oxygen atoms in total. The number of hydrogen-bond acceptors (Lipinski definition) is 1. The number of rotatable bonds is 5. The van der Waals surface area contributed by atoms with E-state index in [0.29, 0.717) is 18.1 Å². The maximum absolute atomic E-state index is 14.7. The van der Waals surface area contributed by atoms with Crippen molar-refractivity contribution in [2.24, 2.45) is 5.92 Å². The monoisotopic (exact) mass is 514 g/mol. The van der Waals surface area contributed by atoms with Crippen LogP contribution in [0.5, 0.6) is 5.75 Å². The van der Waals surface area contributed by atoms with Crippen LogP contribution in [0.4, 0.5) is 35.1 Å². The summed E-state index contributed by atoms with van der Waals surface area (Å²) < 4.78 is 115. The minimum Gasteiger partial charge on any atom is -0.426 e. The third kappa shape index (κ3) is 5.50. The largest absolute Gasteiger partial charge is 0.426 e. The van der Waals surface area contributed by atoms with Gasteiger partial charge in [0, 0.05) is 0 Å². The average molecular weight is 514 g/mol. The van der Waals surface area contributed by atoms with E-state index >= 15 is 0 Å². The molecule has 3 aromatic rings. The highest BCUT2D eigenvalue weighted by Gasteiger charge is 2.38. The van der Waals surface area contributed by atoms with Crippen LogP contribution in [0.15, 0.2) is 54.6 Å². The molecule has 0 aliphatic heterocycles. The molecule has 9 heteroatoms. The van der Waals surface area contributed by atoms with Gasteiger partial charge in [0.2, 0.25) is 0 Å². The molecule has 0 bridgehead atoms. The molecule has 1 saturated carbocycles. The van der Waals surface area contributed by atoms with Gasteiger partial charge in [-0.1, -0.05) is 38.0 Å². The zero-order valence-electron chi connectivity index (χ0n) is 19.1. The van der Waals surface area contributed by atoms with Gasteiger partial charge in [0.1, 0.15) is 17.2 Å². The normalized spacial score (nSPS) is 18.8. The SMILES string of the molecule is CC1CCC(c2ccc(OC(F)(F)c3ccc(-c4cc(F)c(C(F)(F)F)c(F)c4)cc3)c(F)c2)CC1. The van der Waals surface area contributed by atoms with Crippen LogP contribution < -0.4 is 4.74 Å². The first-order valence-corrected chi connectivity index (χ1v) is 11.4. The quantitative estimate of drug-likeness (QED) is 0.309. The fourth-order valence-corrected chi connectivity index (χ4v) is 4.51. The van der Waals surface area contributed by atoms with Crippen molar-refractivity contribution in [3.63, 3.8) is 0 Å². The highest BCUT2D eigenvalue weighted by molar-refractivity contribution is 5.64. The molecule has 0 atom stereocenters. The van der Waals surface area contributed by atoms with Crippen LogP contribution in [0.2, 0.25) is 0 Å². The van der Waals surface area contributed by atoms with Gasteiger partial charge in [0.05, 0.1) is 5.56 Å². The Hall–Kier alpha value is -3.10. The molecule has 0 heterocycles. The van der Waals surface area contributed by atoms with Crippen molar-refractivity contribution in [1.29, 1.82) is 0 Å². The van der Waals surface area contributed by atoms with Gasteiger partial charge in [-0.25, -0.2) is 13.2 Å². The van der Waals surface area contributed by atoms with Crippen LogP contribution in [0.25, 0.3) is 11.1 Å². The fourth-order valence-electron chi connectivity index (χ4n) is 4.51. The Kier molecular flexibility index (Phi) is 7.03.